The Morgan fingerprint density at radius 3 is 2.44 bits per heavy atom. The first-order valence-corrected chi connectivity index (χ1v) is 5.81. The van der Waals surface area contributed by atoms with E-state index < -0.39 is 5.97 Å². The fraction of sp³-hybridized carbons (Fsp3) is 0.286. The van der Waals surface area contributed by atoms with Gasteiger partial charge in [0.1, 0.15) is 0 Å². The molecule has 0 aliphatic rings. The topological polar surface area (TPSA) is 66.0 Å². The van der Waals surface area contributed by atoms with Crippen molar-refractivity contribution in [3.63, 3.8) is 0 Å². The van der Waals surface area contributed by atoms with Gasteiger partial charge in [0, 0.05) is 5.56 Å². The first-order valence-electron chi connectivity index (χ1n) is 5.81. The first kappa shape index (κ1) is 12.4. The van der Waals surface area contributed by atoms with E-state index in [4.69, 9.17) is 5.11 Å². The maximum atomic E-state index is 10.8. The molecular formula is C14H16N2O2. The summed E-state index contributed by atoms with van der Waals surface area (Å²) >= 11 is 0. The minimum absolute atomic E-state index is 0.0396. The van der Waals surface area contributed by atoms with Gasteiger partial charge in [-0.1, -0.05) is 17.7 Å². The van der Waals surface area contributed by atoms with Crippen LogP contribution in [-0.2, 0) is 11.2 Å². The van der Waals surface area contributed by atoms with Crippen LogP contribution in [0.25, 0.3) is 11.3 Å². The number of nitrogens with one attached hydrogen (secondary N) is 1. The Kier molecular flexibility index (Phi) is 3.19. The molecule has 0 saturated heterocycles. The lowest BCUT2D eigenvalue weighted by molar-refractivity contribution is -0.136. The van der Waals surface area contributed by atoms with Gasteiger partial charge < -0.3 is 10.1 Å². The molecule has 1 heterocycles. The van der Waals surface area contributed by atoms with E-state index in [-0.39, 0.29) is 6.42 Å². The maximum Gasteiger partial charge on any atom is 0.309 e. The second-order valence-electron chi connectivity index (χ2n) is 4.57. The molecule has 0 fully saturated rings. The third-order valence-electron chi connectivity index (χ3n) is 2.96. The number of hydrogen-bond donors (Lipinski definition) is 2. The van der Waals surface area contributed by atoms with Crippen LogP contribution in [0.4, 0.5) is 0 Å². The number of carboxylic acids is 1. The van der Waals surface area contributed by atoms with E-state index in [9.17, 15) is 4.79 Å². The van der Waals surface area contributed by atoms with Crippen LogP contribution < -0.4 is 0 Å². The van der Waals surface area contributed by atoms with Gasteiger partial charge in [-0.3, -0.25) is 4.79 Å². The number of nitrogens with zero attached hydrogens (tertiary/aromatic N) is 1. The summed E-state index contributed by atoms with van der Waals surface area (Å²) in [6.07, 6.45) is 1.51. The van der Waals surface area contributed by atoms with Gasteiger partial charge >= 0.3 is 5.97 Å². The minimum atomic E-state index is -0.858. The van der Waals surface area contributed by atoms with Crippen LogP contribution in [0.15, 0.2) is 18.5 Å². The Morgan fingerprint density at radius 2 is 1.89 bits per heavy atom. The molecule has 0 aliphatic heterocycles. The third-order valence-corrected chi connectivity index (χ3v) is 2.96. The third kappa shape index (κ3) is 2.27. The highest BCUT2D eigenvalue weighted by Gasteiger charge is 2.15. The standard InChI is InChI=1S/C14H16N2O2/c1-8-4-9(2)13(10(3)5-8)14-11(6-12(17)18)15-7-16-14/h4-5,7H,6H2,1-3H3,(H,15,16)(H,17,18). The Hall–Kier alpha value is -2.10. The van der Waals surface area contributed by atoms with Gasteiger partial charge in [0.2, 0.25) is 0 Å². The highest BCUT2D eigenvalue weighted by molar-refractivity contribution is 5.76. The van der Waals surface area contributed by atoms with Crippen molar-refractivity contribution in [2.45, 2.75) is 27.2 Å². The largest absolute Gasteiger partial charge is 0.481 e. The number of aliphatic carboxylic acids is 1. The summed E-state index contributed by atoms with van der Waals surface area (Å²) in [4.78, 5) is 18.0. The quantitative estimate of drug-likeness (QED) is 0.872. The molecule has 2 rings (SSSR count). The van der Waals surface area contributed by atoms with Crippen molar-refractivity contribution < 1.29 is 9.90 Å². The van der Waals surface area contributed by atoms with Crippen molar-refractivity contribution in [2.24, 2.45) is 0 Å². The van der Waals surface area contributed by atoms with Crippen molar-refractivity contribution in [1.82, 2.24) is 9.97 Å². The van der Waals surface area contributed by atoms with Crippen LogP contribution >= 0.6 is 0 Å². The monoisotopic (exact) mass is 244 g/mol. The molecule has 0 bridgehead atoms. The van der Waals surface area contributed by atoms with Crippen molar-refractivity contribution in [3.8, 4) is 11.3 Å². The van der Waals surface area contributed by atoms with E-state index in [1.807, 2.05) is 20.8 Å². The van der Waals surface area contributed by atoms with E-state index >= 15 is 0 Å². The number of aryl methyl sites for hydroxylation is 3. The van der Waals surface area contributed by atoms with E-state index in [1.165, 1.54) is 5.56 Å². The zero-order valence-electron chi connectivity index (χ0n) is 10.7. The normalized spacial score (nSPS) is 10.6. The number of hydrogen-bond acceptors (Lipinski definition) is 2. The van der Waals surface area contributed by atoms with Gasteiger partial charge in [0.15, 0.2) is 0 Å². The Balaban J connectivity index is 2.56. The number of aromatic amines is 1. The average Bonchev–Trinajstić information content (AvgIpc) is 2.63. The predicted molar refractivity (Wildman–Crippen MR) is 69.6 cm³/mol. The molecule has 4 heteroatoms. The van der Waals surface area contributed by atoms with Gasteiger partial charge in [-0.05, 0) is 31.9 Å². The number of rotatable bonds is 3. The zero-order valence-corrected chi connectivity index (χ0v) is 10.7. The lowest BCUT2D eigenvalue weighted by atomic mass is 9.96. The van der Waals surface area contributed by atoms with Gasteiger partial charge in [-0.15, -0.1) is 0 Å². The predicted octanol–water partition coefficient (Wildman–Crippen LogP) is 2.63. The molecule has 0 saturated carbocycles. The number of carbonyl (C=O) groups is 1. The van der Waals surface area contributed by atoms with Crippen LogP contribution in [0.2, 0.25) is 0 Å². The first-order chi connectivity index (χ1) is 8.49. The van der Waals surface area contributed by atoms with Gasteiger partial charge in [-0.25, -0.2) is 4.98 Å². The lowest BCUT2D eigenvalue weighted by Crippen LogP contribution is -2.03. The summed E-state index contributed by atoms with van der Waals surface area (Å²) in [5, 5.41) is 8.89. The molecule has 0 radical (unpaired) electrons. The summed E-state index contributed by atoms with van der Waals surface area (Å²) in [5.74, 6) is -0.858. The molecule has 0 spiro atoms. The summed E-state index contributed by atoms with van der Waals surface area (Å²) in [7, 11) is 0. The average molecular weight is 244 g/mol. The van der Waals surface area contributed by atoms with Crippen LogP contribution in [0.1, 0.15) is 22.4 Å². The summed E-state index contributed by atoms with van der Waals surface area (Å²) in [5.41, 5.74) is 5.85. The molecule has 94 valence electrons. The molecular weight excluding hydrogens is 228 g/mol. The van der Waals surface area contributed by atoms with Crippen LogP contribution in [0.5, 0.6) is 0 Å². The van der Waals surface area contributed by atoms with E-state index in [0.29, 0.717) is 5.69 Å². The van der Waals surface area contributed by atoms with Gasteiger partial charge in [-0.2, -0.15) is 0 Å². The molecule has 1 aromatic heterocycles. The molecule has 0 unspecified atom stereocenters. The van der Waals surface area contributed by atoms with E-state index in [1.54, 1.807) is 6.33 Å². The van der Waals surface area contributed by atoms with Gasteiger partial charge in [0.05, 0.1) is 24.1 Å². The number of carboxylic acid groups (broad SMARTS) is 1. The van der Waals surface area contributed by atoms with E-state index in [2.05, 4.69) is 22.1 Å². The van der Waals surface area contributed by atoms with Crippen molar-refractivity contribution in [3.05, 3.63) is 40.8 Å². The molecule has 0 amide bonds. The molecule has 2 N–H and O–H groups in total. The summed E-state index contributed by atoms with van der Waals surface area (Å²) < 4.78 is 0. The Morgan fingerprint density at radius 1 is 1.28 bits per heavy atom. The van der Waals surface area contributed by atoms with Gasteiger partial charge in [0.25, 0.3) is 0 Å². The van der Waals surface area contributed by atoms with Crippen molar-refractivity contribution in [2.75, 3.05) is 0 Å². The SMILES string of the molecule is Cc1cc(C)c(-c2nc[nH]c2CC(=O)O)c(C)c1. The number of benzene rings is 1. The highest BCUT2D eigenvalue weighted by Crippen LogP contribution is 2.29. The fourth-order valence-corrected chi connectivity index (χ4v) is 2.38. The smallest absolute Gasteiger partial charge is 0.309 e. The maximum absolute atomic E-state index is 10.8. The fourth-order valence-electron chi connectivity index (χ4n) is 2.38. The molecule has 4 nitrogen and oxygen atoms in total. The Bertz CT molecular complexity index is 577. The lowest BCUT2D eigenvalue weighted by Gasteiger charge is -2.10. The molecule has 1 aromatic carbocycles. The highest BCUT2D eigenvalue weighted by atomic mass is 16.4. The molecule has 18 heavy (non-hydrogen) atoms. The number of aromatic nitrogens is 2. The summed E-state index contributed by atoms with van der Waals surface area (Å²) in [6.45, 7) is 6.09. The molecule has 2 aromatic rings. The van der Waals surface area contributed by atoms with Crippen LogP contribution in [0.3, 0.4) is 0 Å². The number of H-pyrrole nitrogens is 1. The zero-order chi connectivity index (χ0) is 13.3. The second-order valence-corrected chi connectivity index (χ2v) is 4.57. The van der Waals surface area contributed by atoms with E-state index in [0.717, 1.165) is 22.4 Å². The molecule has 0 aliphatic carbocycles. The second kappa shape index (κ2) is 4.64. The minimum Gasteiger partial charge on any atom is -0.481 e. The molecule has 0 atom stereocenters. The Labute approximate surface area is 106 Å². The van der Waals surface area contributed by atoms with Crippen molar-refractivity contribution >= 4 is 5.97 Å². The number of imidazole rings is 1. The summed E-state index contributed by atoms with van der Waals surface area (Å²) in [6, 6.07) is 4.17. The van der Waals surface area contributed by atoms with Crippen LogP contribution in [0, 0.1) is 20.8 Å². The van der Waals surface area contributed by atoms with Crippen LogP contribution in [-0.4, -0.2) is 21.0 Å². The van der Waals surface area contributed by atoms with Crippen molar-refractivity contribution in [1.29, 1.82) is 0 Å².